The van der Waals surface area contributed by atoms with Gasteiger partial charge in [0.15, 0.2) is 0 Å². The van der Waals surface area contributed by atoms with Crippen molar-refractivity contribution in [1.29, 1.82) is 0 Å². The average Bonchev–Trinajstić information content (AvgIpc) is 2.72. The average molecular weight is 475 g/mol. The van der Waals surface area contributed by atoms with Crippen LogP contribution >= 0.6 is 0 Å². The van der Waals surface area contributed by atoms with E-state index in [1.54, 1.807) is 0 Å². The Morgan fingerprint density at radius 2 is 1.52 bits per heavy atom. The lowest BCUT2D eigenvalue weighted by Gasteiger charge is -2.29. The van der Waals surface area contributed by atoms with Crippen LogP contribution in [0.15, 0.2) is 18.2 Å². The molecule has 1 aliphatic heterocycles. The number of nitrogens with zero attached hydrogens (tertiary/aromatic N) is 3. The Bertz CT molecular complexity index is 789. The number of alkyl halides is 3. The van der Waals surface area contributed by atoms with Crippen molar-refractivity contribution in [1.82, 2.24) is 20.0 Å². The van der Waals surface area contributed by atoms with E-state index in [1.807, 2.05) is 49.9 Å². The number of hydrogen-bond acceptors (Lipinski definition) is 5. The number of carboxylic acid groups (broad SMARTS) is 1. The monoisotopic (exact) mass is 474 g/mol. The number of piperazine rings is 1. The van der Waals surface area contributed by atoms with Gasteiger partial charge in [-0.2, -0.15) is 13.2 Å². The van der Waals surface area contributed by atoms with E-state index in [9.17, 15) is 22.8 Å². The molecule has 33 heavy (non-hydrogen) atoms. The first-order chi connectivity index (χ1) is 15.3. The van der Waals surface area contributed by atoms with Crippen LogP contribution < -0.4 is 5.32 Å². The third-order valence-corrected chi connectivity index (χ3v) is 4.88. The number of aryl methyl sites for hydroxylation is 2. The lowest BCUT2D eigenvalue weighted by atomic mass is 10.1. The van der Waals surface area contributed by atoms with Crippen LogP contribution in [0.1, 0.15) is 27.9 Å². The highest BCUT2D eigenvalue weighted by Crippen LogP contribution is 2.13. The molecule has 1 aliphatic rings. The molecule has 1 heterocycles. The molecule has 0 unspecified atom stereocenters. The van der Waals surface area contributed by atoms with Gasteiger partial charge < -0.3 is 25.1 Å². The van der Waals surface area contributed by atoms with Crippen LogP contribution in [-0.2, 0) is 9.59 Å². The van der Waals surface area contributed by atoms with Gasteiger partial charge in [0.1, 0.15) is 0 Å². The number of carbonyl (C=O) groups is 3. The highest BCUT2D eigenvalue weighted by atomic mass is 19.4. The standard InChI is InChI=1S/C20H32N4O2.C2HF3O2/c1-16-13-17(2)15-18(14-16)20(26)24(12-11-22(3)4)8-5-19(25)23-9-6-21-7-10-23;3-2(4,5)1(6)7/h13-15,21H,5-12H2,1-4H3;(H,6,7). The Kier molecular flexibility index (Phi) is 11.3. The molecule has 2 N–H and O–H groups in total. The van der Waals surface area contributed by atoms with Crippen molar-refractivity contribution in [3.8, 4) is 0 Å². The minimum Gasteiger partial charge on any atom is -0.475 e. The summed E-state index contributed by atoms with van der Waals surface area (Å²) in [4.78, 5) is 40.1. The second-order valence-corrected chi connectivity index (χ2v) is 8.16. The summed E-state index contributed by atoms with van der Waals surface area (Å²) >= 11 is 0. The predicted octanol–water partition coefficient (Wildman–Crippen LogP) is 1.76. The van der Waals surface area contributed by atoms with Gasteiger partial charge in [0.05, 0.1) is 0 Å². The number of amides is 2. The van der Waals surface area contributed by atoms with E-state index in [-0.39, 0.29) is 11.8 Å². The lowest BCUT2D eigenvalue weighted by molar-refractivity contribution is -0.192. The molecular weight excluding hydrogens is 441 g/mol. The van der Waals surface area contributed by atoms with Gasteiger partial charge in [0, 0.05) is 57.8 Å². The van der Waals surface area contributed by atoms with Crippen molar-refractivity contribution in [2.45, 2.75) is 26.4 Å². The molecule has 0 saturated carbocycles. The third kappa shape index (κ3) is 10.7. The van der Waals surface area contributed by atoms with Gasteiger partial charge in [-0.05, 0) is 40.1 Å². The second kappa shape index (κ2) is 13.1. The molecule has 2 amide bonds. The molecule has 0 spiro atoms. The molecule has 1 aromatic carbocycles. The van der Waals surface area contributed by atoms with Crippen LogP contribution in [0.25, 0.3) is 0 Å². The smallest absolute Gasteiger partial charge is 0.475 e. The van der Waals surface area contributed by atoms with Gasteiger partial charge in [-0.3, -0.25) is 9.59 Å². The predicted molar refractivity (Wildman–Crippen MR) is 118 cm³/mol. The molecule has 2 rings (SSSR count). The summed E-state index contributed by atoms with van der Waals surface area (Å²) in [6.07, 6.45) is -4.70. The van der Waals surface area contributed by atoms with Gasteiger partial charge in [-0.25, -0.2) is 4.79 Å². The van der Waals surface area contributed by atoms with Crippen molar-refractivity contribution in [2.75, 3.05) is 59.9 Å². The first-order valence-corrected chi connectivity index (χ1v) is 10.6. The van der Waals surface area contributed by atoms with Crippen LogP contribution in [0.2, 0.25) is 0 Å². The number of carboxylic acids is 1. The molecule has 0 aromatic heterocycles. The minimum atomic E-state index is -5.08. The van der Waals surface area contributed by atoms with Crippen molar-refractivity contribution < 1.29 is 32.7 Å². The first kappa shape index (κ1) is 28.4. The normalized spacial score (nSPS) is 13.9. The molecule has 0 bridgehead atoms. The molecular formula is C22H33F3N4O4. The van der Waals surface area contributed by atoms with Gasteiger partial charge >= 0.3 is 12.1 Å². The second-order valence-electron chi connectivity index (χ2n) is 8.16. The molecule has 11 heteroatoms. The van der Waals surface area contributed by atoms with Crippen molar-refractivity contribution >= 4 is 17.8 Å². The first-order valence-electron chi connectivity index (χ1n) is 10.6. The van der Waals surface area contributed by atoms with E-state index < -0.39 is 12.1 Å². The van der Waals surface area contributed by atoms with E-state index >= 15 is 0 Å². The maximum Gasteiger partial charge on any atom is 0.490 e. The zero-order valence-corrected chi connectivity index (χ0v) is 19.5. The zero-order chi connectivity index (χ0) is 25.2. The number of rotatable bonds is 7. The Balaban J connectivity index is 0.000000675. The van der Waals surface area contributed by atoms with Crippen molar-refractivity contribution in [3.63, 3.8) is 0 Å². The van der Waals surface area contributed by atoms with Crippen LogP contribution in [0.4, 0.5) is 13.2 Å². The Morgan fingerprint density at radius 1 is 1.00 bits per heavy atom. The topological polar surface area (TPSA) is 93.2 Å². The molecule has 0 aliphatic carbocycles. The molecule has 186 valence electrons. The van der Waals surface area contributed by atoms with Crippen LogP contribution in [0.5, 0.6) is 0 Å². The van der Waals surface area contributed by atoms with E-state index in [4.69, 9.17) is 9.90 Å². The number of halogens is 3. The van der Waals surface area contributed by atoms with Crippen molar-refractivity contribution in [3.05, 3.63) is 34.9 Å². The number of nitrogens with one attached hydrogen (secondary N) is 1. The lowest BCUT2D eigenvalue weighted by Crippen LogP contribution is -2.47. The summed E-state index contributed by atoms with van der Waals surface area (Å²) < 4.78 is 31.7. The number of likely N-dealkylation sites (N-methyl/N-ethyl adjacent to an activating group) is 1. The van der Waals surface area contributed by atoms with Crippen LogP contribution in [0.3, 0.4) is 0 Å². The number of carbonyl (C=O) groups excluding carboxylic acids is 2. The third-order valence-electron chi connectivity index (χ3n) is 4.88. The minimum absolute atomic E-state index is 0.00626. The quantitative estimate of drug-likeness (QED) is 0.626. The maximum atomic E-state index is 13.0. The zero-order valence-electron chi connectivity index (χ0n) is 19.5. The summed E-state index contributed by atoms with van der Waals surface area (Å²) in [6, 6.07) is 5.92. The van der Waals surface area contributed by atoms with E-state index in [0.717, 1.165) is 43.9 Å². The molecule has 1 saturated heterocycles. The fraction of sp³-hybridized carbons (Fsp3) is 0.591. The van der Waals surface area contributed by atoms with Crippen LogP contribution in [-0.4, -0.2) is 104 Å². The highest BCUT2D eigenvalue weighted by molar-refractivity contribution is 5.95. The maximum absolute atomic E-state index is 13.0. The van der Waals surface area contributed by atoms with Gasteiger partial charge in [-0.15, -0.1) is 0 Å². The largest absolute Gasteiger partial charge is 0.490 e. The number of aliphatic carboxylic acids is 1. The van der Waals surface area contributed by atoms with Crippen LogP contribution in [0, 0.1) is 13.8 Å². The summed E-state index contributed by atoms with van der Waals surface area (Å²) in [5.41, 5.74) is 2.87. The summed E-state index contributed by atoms with van der Waals surface area (Å²) in [7, 11) is 3.98. The fourth-order valence-corrected chi connectivity index (χ4v) is 3.22. The summed E-state index contributed by atoms with van der Waals surface area (Å²) in [5, 5.41) is 10.4. The van der Waals surface area contributed by atoms with Gasteiger partial charge in [0.25, 0.3) is 5.91 Å². The summed E-state index contributed by atoms with van der Waals surface area (Å²) in [6.45, 7) is 9.05. The molecule has 0 atom stereocenters. The molecule has 1 aromatic rings. The molecule has 1 fully saturated rings. The van der Waals surface area contributed by atoms with Gasteiger partial charge in [0.2, 0.25) is 5.91 Å². The fourth-order valence-electron chi connectivity index (χ4n) is 3.22. The van der Waals surface area contributed by atoms with E-state index in [1.165, 1.54) is 0 Å². The SMILES string of the molecule is Cc1cc(C)cc(C(=O)N(CCC(=O)N2CCNCC2)CCN(C)C)c1.O=C(O)C(F)(F)F. The Hall–Kier alpha value is -2.66. The Labute approximate surface area is 192 Å². The number of benzene rings is 1. The molecule has 0 radical (unpaired) electrons. The van der Waals surface area contributed by atoms with Crippen molar-refractivity contribution in [2.24, 2.45) is 0 Å². The Morgan fingerprint density at radius 3 is 1.97 bits per heavy atom. The summed E-state index contributed by atoms with van der Waals surface area (Å²) in [5.74, 6) is -2.62. The highest BCUT2D eigenvalue weighted by Gasteiger charge is 2.38. The van der Waals surface area contributed by atoms with E-state index in [2.05, 4.69) is 16.3 Å². The molecule has 8 nitrogen and oxygen atoms in total. The van der Waals surface area contributed by atoms with Gasteiger partial charge in [-0.1, -0.05) is 17.2 Å². The number of hydrogen-bond donors (Lipinski definition) is 2. The van der Waals surface area contributed by atoms with E-state index in [0.29, 0.717) is 25.1 Å².